The van der Waals surface area contributed by atoms with Crippen molar-refractivity contribution in [3.8, 4) is 6.07 Å². The van der Waals surface area contributed by atoms with Crippen LogP contribution in [0.5, 0.6) is 0 Å². The number of nitrogens with zero attached hydrogens (tertiary/aromatic N) is 4. The molecule has 0 saturated carbocycles. The molecule has 2 aromatic carbocycles. The maximum atomic E-state index is 12.7. The van der Waals surface area contributed by atoms with Gasteiger partial charge in [-0.2, -0.15) is 5.26 Å². The standard InChI is InChI=1S/C22H21N5O/c23-14-20-21(25-11-10-24-20)27-12-8-16(9-13-27)15-26-22(28)19-7-3-5-17-4-1-2-6-18(17)19/h1-7,10-11,16H,8-9,12-13,15H2,(H,26,28). The summed E-state index contributed by atoms with van der Waals surface area (Å²) in [6, 6.07) is 15.8. The van der Waals surface area contributed by atoms with Crippen LogP contribution >= 0.6 is 0 Å². The number of nitriles is 1. The first-order valence-corrected chi connectivity index (χ1v) is 9.48. The van der Waals surface area contributed by atoms with Gasteiger partial charge in [-0.25, -0.2) is 9.97 Å². The zero-order chi connectivity index (χ0) is 19.3. The quantitative estimate of drug-likeness (QED) is 0.762. The molecule has 1 amide bonds. The highest BCUT2D eigenvalue weighted by Gasteiger charge is 2.23. The lowest BCUT2D eigenvalue weighted by molar-refractivity contribution is 0.0946. The number of nitrogens with one attached hydrogen (secondary N) is 1. The fourth-order valence-corrected chi connectivity index (χ4v) is 3.75. The summed E-state index contributed by atoms with van der Waals surface area (Å²) in [7, 11) is 0. The molecule has 2 heterocycles. The third kappa shape index (κ3) is 3.65. The van der Waals surface area contributed by atoms with Gasteiger partial charge in [0.2, 0.25) is 0 Å². The Labute approximate surface area is 163 Å². The zero-order valence-electron chi connectivity index (χ0n) is 15.5. The number of fused-ring (bicyclic) bond motifs is 1. The largest absolute Gasteiger partial charge is 0.354 e. The zero-order valence-corrected chi connectivity index (χ0v) is 15.5. The number of anilines is 1. The molecule has 4 rings (SSSR count). The molecule has 1 saturated heterocycles. The van der Waals surface area contributed by atoms with E-state index in [1.165, 1.54) is 6.20 Å². The Balaban J connectivity index is 1.35. The van der Waals surface area contributed by atoms with Gasteiger partial charge >= 0.3 is 0 Å². The number of piperidine rings is 1. The Morgan fingerprint density at radius 2 is 1.86 bits per heavy atom. The Morgan fingerprint density at radius 1 is 1.11 bits per heavy atom. The lowest BCUT2D eigenvalue weighted by Gasteiger charge is -2.32. The topological polar surface area (TPSA) is 81.9 Å². The van der Waals surface area contributed by atoms with Crippen LogP contribution in [-0.4, -0.2) is 35.5 Å². The molecule has 1 aromatic heterocycles. The SMILES string of the molecule is N#Cc1nccnc1N1CCC(CNC(=O)c2cccc3ccccc23)CC1. The number of aromatic nitrogens is 2. The van der Waals surface area contributed by atoms with Gasteiger partial charge in [0.1, 0.15) is 6.07 Å². The van der Waals surface area contributed by atoms with E-state index in [4.69, 9.17) is 0 Å². The maximum Gasteiger partial charge on any atom is 0.251 e. The molecule has 6 nitrogen and oxygen atoms in total. The third-order valence-corrected chi connectivity index (χ3v) is 5.28. The summed E-state index contributed by atoms with van der Waals surface area (Å²) in [5, 5.41) is 14.3. The molecule has 1 N–H and O–H groups in total. The van der Waals surface area contributed by atoms with Gasteiger partial charge in [-0.3, -0.25) is 4.79 Å². The highest BCUT2D eigenvalue weighted by Crippen LogP contribution is 2.23. The van der Waals surface area contributed by atoms with Crippen LogP contribution < -0.4 is 10.2 Å². The molecular formula is C22H21N5O. The number of benzene rings is 2. The van der Waals surface area contributed by atoms with Gasteiger partial charge in [-0.15, -0.1) is 0 Å². The number of carbonyl (C=O) groups excluding carboxylic acids is 1. The van der Waals surface area contributed by atoms with E-state index in [1.54, 1.807) is 6.20 Å². The smallest absolute Gasteiger partial charge is 0.251 e. The van der Waals surface area contributed by atoms with Crippen LogP contribution in [0.4, 0.5) is 5.82 Å². The van der Waals surface area contributed by atoms with Crippen LogP contribution in [0.25, 0.3) is 10.8 Å². The Hall–Kier alpha value is -3.46. The summed E-state index contributed by atoms with van der Waals surface area (Å²) < 4.78 is 0. The molecule has 28 heavy (non-hydrogen) atoms. The predicted octanol–water partition coefficient (Wildman–Crippen LogP) is 3.15. The van der Waals surface area contributed by atoms with Gasteiger partial charge in [0.05, 0.1) is 0 Å². The summed E-state index contributed by atoms with van der Waals surface area (Å²) in [5.74, 6) is 1.04. The van der Waals surface area contributed by atoms with Gasteiger partial charge in [-0.1, -0.05) is 36.4 Å². The van der Waals surface area contributed by atoms with Crippen molar-refractivity contribution < 1.29 is 4.79 Å². The van der Waals surface area contributed by atoms with E-state index in [9.17, 15) is 10.1 Å². The summed E-state index contributed by atoms with van der Waals surface area (Å²) in [5.41, 5.74) is 1.08. The average molecular weight is 371 g/mol. The molecule has 0 radical (unpaired) electrons. The first-order chi connectivity index (χ1) is 13.8. The summed E-state index contributed by atoms with van der Waals surface area (Å²) in [4.78, 5) is 23.2. The summed E-state index contributed by atoms with van der Waals surface area (Å²) >= 11 is 0. The van der Waals surface area contributed by atoms with E-state index < -0.39 is 0 Å². The van der Waals surface area contributed by atoms with Crippen molar-refractivity contribution in [1.82, 2.24) is 15.3 Å². The van der Waals surface area contributed by atoms with Crippen LogP contribution in [0.1, 0.15) is 28.9 Å². The Kier molecular flexibility index (Phi) is 5.16. The molecule has 0 spiro atoms. The van der Waals surface area contributed by atoms with Gasteiger partial charge < -0.3 is 10.2 Å². The molecule has 1 aliphatic rings. The van der Waals surface area contributed by atoms with Crippen molar-refractivity contribution in [2.45, 2.75) is 12.8 Å². The Bertz CT molecular complexity index is 1030. The van der Waals surface area contributed by atoms with E-state index in [0.29, 0.717) is 29.5 Å². The van der Waals surface area contributed by atoms with Crippen LogP contribution in [0.3, 0.4) is 0 Å². The minimum absolute atomic E-state index is 0.0278. The minimum Gasteiger partial charge on any atom is -0.354 e. The van der Waals surface area contributed by atoms with E-state index >= 15 is 0 Å². The van der Waals surface area contributed by atoms with Gasteiger partial charge in [-0.05, 0) is 35.6 Å². The normalized spacial score (nSPS) is 14.6. The minimum atomic E-state index is -0.0278. The number of rotatable bonds is 4. The van der Waals surface area contributed by atoms with E-state index in [0.717, 1.165) is 36.7 Å². The summed E-state index contributed by atoms with van der Waals surface area (Å²) in [6.45, 7) is 2.27. The number of hydrogen-bond donors (Lipinski definition) is 1. The molecule has 0 aliphatic carbocycles. The fraction of sp³-hybridized carbons (Fsp3) is 0.273. The van der Waals surface area contributed by atoms with Crippen molar-refractivity contribution in [3.63, 3.8) is 0 Å². The molecule has 3 aromatic rings. The maximum absolute atomic E-state index is 12.7. The van der Waals surface area contributed by atoms with Crippen molar-refractivity contribution in [2.24, 2.45) is 5.92 Å². The molecular weight excluding hydrogens is 350 g/mol. The van der Waals surface area contributed by atoms with Crippen molar-refractivity contribution in [2.75, 3.05) is 24.5 Å². The fourth-order valence-electron chi connectivity index (χ4n) is 3.75. The van der Waals surface area contributed by atoms with Gasteiger partial charge in [0, 0.05) is 37.6 Å². The Morgan fingerprint density at radius 3 is 2.68 bits per heavy atom. The molecule has 1 fully saturated rings. The first kappa shape index (κ1) is 17.9. The molecule has 1 aliphatic heterocycles. The average Bonchev–Trinajstić information content (AvgIpc) is 2.77. The molecule has 0 atom stereocenters. The van der Waals surface area contributed by atoms with Crippen LogP contribution in [0.15, 0.2) is 54.9 Å². The number of hydrogen-bond acceptors (Lipinski definition) is 5. The van der Waals surface area contributed by atoms with Gasteiger partial charge in [0.15, 0.2) is 11.5 Å². The molecule has 140 valence electrons. The number of carbonyl (C=O) groups is 1. The van der Waals surface area contributed by atoms with Crippen LogP contribution in [0, 0.1) is 17.2 Å². The first-order valence-electron chi connectivity index (χ1n) is 9.48. The highest BCUT2D eigenvalue weighted by atomic mass is 16.1. The van der Waals surface area contributed by atoms with Crippen LogP contribution in [0.2, 0.25) is 0 Å². The lowest BCUT2D eigenvalue weighted by Crippen LogP contribution is -2.39. The predicted molar refractivity (Wildman–Crippen MR) is 108 cm³/mol. The molecule has 6 heteroatoms. The van der Waals surface area contributed by atoms with E-state index in [1.807, 2.05) is 42.5 Å². The monoisotopic (exact) mass is 371 g/mol. The van der Waals surface area contributed by atoms with Crippen LogP contribution in [-0.2, 0) is 0 Å². The van der Waals surface area contributed by atoms with Crippen molar-refractivity contribution >= 4 is 22.5 Å². The third-order valence-electron chi connectivity index (χ3n) is 5.28. The second kappa shape index (κ2) is 8.05. The molecule has 0 unspecified atom stereocenters. The van der Waals surface area contributed by atoms with E-state index in [-0.39, 0.29) is 5.91 Å². The van der Waals surface area contributed by atoms with Gasteiger partial charge in [0.25, 0.3) is 5.91 Å². The highest BCUT2D eigenvalue weighted by molar-refractivity contribution is 6.06. The second-order valence-electron chi connectivity index (χ2n) is 7.01. The molecule has 0 bridgehead atoms. The number of amides is 1. The van der Waals surface area contributed by atoms with E-state index in [2.05, 4.69) is 26.3 Å². The lowest BCUT2D eigenvalue weighted by atomic mass is 9.96. The summed E-state index contributed by atoms with van der Waals surface area (Å²) in [6.07, 6.45) is 5.04. The second-order valence-corrected chi connectivity index (χ2v) is 7.01. The van der Waals surface area contributed by atoms with Crippen molar-refractivity contribution in [3.05, 3.63) is 66.1 Å². The van der Waals surface area contributed by atoms with Crippen molar-refractivity contribution in [1.29, 1.82) is 5.26 Å².